The Kier molecular flexibility index (Phi) is 9.19. The van der Waals surface area contributed by atoms with Gasteiger partial charge in [0, 0.05) is 12.8 Å². The first-order valence-electron chi connectivity index (χ1n) is 10.1. The minimum atomic E-state index is -1.86. The minimum Gasteiger partial charge on any atom is -0.457 e. The smallest absolute Gasteiger partial charge is 0.303 e. The van der Waals surface area contributed by atoms with Crippen molar-refractivity contribution in [1.82, 2.24) is 0 Å². The number of rotatable bonds is 9. The second kappa shape index (κ2) is 10.2. The van der Waals surface area contributed by atoms with Crippen molar-refractivity contribution in [2.24, 2.45) is 11.8 Å². The Labute approximate surface area is 166 Å². The molecule has 0 N–H and O–H groups in total. The average Bonchev–Trinajstić information content (AvgIpc) is 2.55. The molecule has 0 amide bonds. The monoisotopic (exact) mass is 400 g/mol. The summed E-state index contributed by atoms with van der Waals surface area (Å²) in [6.45, 7) is 21.7. The van der Waals surface area contributed by atoms with Crippen LogP contribution in [0.3, 0.4) is 0 Å². The van der Waals surface area contributed by atoms with Crippen LogP contribution >= 0.6 is 0 Å². The van der Waals surface area contributed by atoms with Crippen molar-refractivity contribution >= 4 is 14.3 Å². The largest absolute Gasteiger partial charge is 0.457 e. The molecule has 158 valence electrons. The van der Waals surface area contributed by atoms with Gasteiger partial charge in [-0.25, -0.2) is 0 Å². The highest BCUT2D eigenvalue weighted by molar-refractivity contribution is 6.74. The molecule has 0 bridgehead atoms. The third-order valence-corrected chi connectivity index (χ3v) is 10.6. The molecule has 1 aliphatic rings. The summed E-state index contributed by atoms with van der Waals surface area (Å²) in [6, 6.07) is 0. The highest BCUT2D eigenvalue weighted by atomic mass is 28.4. The molecule has 1 rings (SSSR count). The van der Waals surface area contributed by atoms with Crippen molar-refractivity contribution in [3.8, 4) is 0 Å². The molecule has 0 saturated carbocycles. The maximum Gasteiger partial charge on any atom is 0.303 e. The predicted octanol–water partition coefficient (Wildman–Crippen LogP) is 4.92. The van der Waals surface area contributed by atoms with E-state index < -0.39 is 20.7 Å². The highest BCUT2D eigenvalue weighted by Gasteiger charge is 2.45. The van der Waals surface area contributed by atoms with Gasteiger partial charge in [-0.2, -0.15) is 0 Å². The number of carbonyl (C=O) groups is 1. The van der Waals surface area contributed by atoms with E-state index in [1.54, 1.807) is 0 Å². The molecular weight excluding hydrogens is 360 g/mol. The van der Waals surface area contributed by atoms with Gasteiger partial charge in [-0.15, -0.1) is 6.58 Å². The Morgan fingerprint density at radius 1 is 1.22 bits per heavy atom. The van der Waals surface area contributed by atoms with Gasteiger partial charge < -0.3 is 18.6 Å². The lowest BCUT2D eigenvalue weighted by Crippen LogP contribution is -2.54. The second-order valence-corrected chi connectivity index (χ2v) is 14.0. The van der Waals surface area contributed by atoms with E-state index in [2.05, 4.69) is 54.3 Å². The molecule has 5 atom stereocenters. The summed E-state index contributed by atoms with van der Waals surface area (Å²) in [7, 11) is -1.86. The van der Waals surface area contributed by atoms with Crippen LogP contribution in [0, 0.1) is 11.8 Å². The molecule has 27 heavy (non-hydrogen) atoms. The zero-order chi connectivity index (χ0) is 20.8. The third kappa shape index (κ3) is 7.00. The fraction of sp³-hybridized carbons (Fsp3) is 0.857. The Bertz CT molecular complexity index is 485. The maximum atomic E-state index is 11.6. The van der Waals surface area contributed by atoms with Crippen molar-refractivity contribution in [2.45, 2.75) is 91.0 Å². The summed E-state index contributed by atoms with van der Waals surface area (Å²) in [5.41, 5.74) is 0. The van der Waals surface area contributed by atoms with Crippen molar-refractivity contribution < 1.29 is 23.4 Å². The highest BCUT2D eigenvalue weighted by Crippen LogP contribution is 2.38. The van der Waals surface area contributed by atoms with E-state index in [1.165, 1.54) is 6.92 Å². The van der Waals surface area contributed by atoms with Gasteiger partial charge >= 0.3 is 5.97 Å². The van der Waals surface area contributed by atoms with Crippen molar-refractivity contribution in [2.75, 3.05) is 13.2 Å². The lowest BCUT2D eigenvalue weighted by atomic mass is 9.83. The van der Waals surface area contributed by atoms with Crippen LogP contribution in [-0.4, -0.2) is 46.0 Å². The summed E-state index contributed by atoms with van der Waals surface area (Å²) in [5, 5.41) is 0.150. The molecule has 0 aromatic carbocycles. The van der Waals surface area contributed by atoms with Crippen molar-refractivity contribution in [3.63, 3.8) is 0 Å². The Balaban J connectivity index is 2.82. The molecule has 0 aromatic heterocycles. The van der Waals surface area contributed by atoms with Crippen LogP contribution < -0.4 is 0 Å². The van der Waals surface area contributed by atoms with E-state index in [0.29, 0.717) is 13.2 Å². The van der Waals surface area contributed by atoms with Gasteiger partial charge in [-0.1, -0.05) is 40.7 Å². The SMILES string of the molecule is C=CCCCO[C@@H]1OC(CO[Si](C)(C)C(C)(C)C)[C@@H](C)[C@H](C)C1OC(C)=O. The van der Waals surface area contributed by atoms with Gasteiger partial charge in [-0.3, -0.25) is 4.79 Å². The Morgan fingerprint density at radius 3 is 2.37 bits per heavy atom. The van der Waals surface area contributed by atoms with Crippen LogP contribution in [-0.2, 0) is 23.4 Å². The van der Waals surface area contributed by atoms with Crippen LogP contribution in [0.5, 0.6) is 0 Å². The van der Waals surface area contributed by atoms with Gasteiger partial charge in [0.05, 0.1) is 19.3 Å². The van der Waals surface area contributed by atoms with Gasteiger partial charge in [-0.05, 0) is 36.9 Å². The Hall–Kier alpha value is -0.693. The molecule has 0 aromatic rings. The number of ether oxygens (including phenoxy) is 3. The molecule has 5 nitrogen and oxygen atoms in total. The number of allylic oxidation sites excluding steroid dienone is 1. The number of hydrogen-bond acceptors (Lipinski definition) is 5. The van der Waals surface area contributed by atoms with Crippen LogP contribution in [0.15, 0.2) is 12.7 Å². The van der Waals surface area contributed by atoms with Crippen LogP contribution in [0.2, 0.25) is 18.1 Å². The van der Waals surface area contributed by atoms with Crippen LogP contribution in [0.4, 0.5) is 0 Å². The van der Waals surface area contributed by atoms with Gasteiger partial charge in [0.25, 0.3) is 0 Å². The summed E-state index contributed by atoms with van der Waals surface area (Å²) >= 11 is 0. The summed E-state index contributed by atoms with van der Waals surface area (Å²) in [6.07, 6.45) is 2.59. The fourth-order valence-electron chi connectivity index (χ4n) is 2.87. The normalized spacial score (nSPS) is 29.4. The van der Waals surface area contributed by atoms with Crippen molar-refractivity contribution in [1.29, 1.82) is 0 Å². The number of hydrogen-bond donors (Lipinski definition) is 0. The molecule has 1 saturated heterocycles. The maximum absolute atomic E-state index is 11.6. The van der Waals surface area contributed by atoms with Gasteiger partial charge in [0.2, 0.25) is 0 Å². The first-order chi connectivity index (χ1) is 12.4. The standard InChI is InChI=1S/C21H40O5Si/c1-10-11-12-13-23-20-19(25-17(4)22)16(3)15(2)18(26-20)14-24-27(8,9)21(5,6)7/h10,15-16,18-20H,1,11-14H2,2-9H3/t15-,16-,18?,19?,20+/m0/s1. The van der Waals surface area contributed by atoms with E-state index >= 15 is 0 Å². The zero-order valence-electron chi connectivity index (χ0n) is 18.5. The lowest BCUT2D eigenvalue weighted by Gasteiger charge is -2.45. The molecular formula is C21H40O5Si. The molecule has 6 heteroatoms. The van der Waals surface area contributed by atoms with E-state index in [1.807, 2.05) is 6.08 Å². The van der Waals surface area contributed by atoms with Gasteiger partial charge in [0.15, 0.2) is 20.7 Å². The zero-order valence-corrected chi connectivity index (χ0v) is 19.5. The molecule has 2 unspecified atom stereocenters. The quantitative estimate of drug-likeness (QED) is 0.238. The molecule has 0 aliphatic carbocycles. The average molecular weight is 401 g/mol. The molecule has 1 aliphatic heterocycles. The molecule has 1 heterocycles. The predicted molar refractivity (Wildman–Crippen MR) is 111 cm³/mol. The number of unbranched alkanes of at least 4 members (excludes halogenated alkanes) is 1. The van der Waals surface area contributed by atoms with Crippen LogP contribution in [0.25, 0.3) is 0 Å². The first-order valence-corrected chi connectivity index (χ1v) is 13.0. The van der Waals surface area contributed by atoms with E-state index in [-0.39, 0.29) is 28.9 Å². The topological polar surface area (TPSA) is 54.0 Å². The molecule has 1 fully saturated rings. The molecule has 0 spiro atoms. The lowest BCUT2D eigenvalue weighted by molar-refractivity contribution is -0.278. The minimum absolute atomic E-state index is 0.0784. The fourth-order valence-corrected chi connectivity index (χ4v) is 3.89. The van der Waals surface area contributed by atoms with E-state index in [9.17, 15) is 4.79 Å². The third-order valence-electron chi connectivity index (χ3n) is 6.06. The van der Waals surface area contributed by atoms with E-state index in [4.69, 9.17) is 18.6 Å². The summed E-state index contributed by atoms with van der Waals surface area (Å²) in [5.74, 6) is 0.0190. The van der Waals surface area contributed by atoms with Gasteiger partial charge in [0.1, 0.15) is 0 Å². The Morgan fingerprint density at radius 2 is 1.85 bits per heavy atom. The summed E-state index contributed by atoms with van der Waals surface area (Å²) in [4.78, 5) is 11.6. The second-order valence-electron chi connectivity index (χ2n) is 9.21. The summed E-state index contributed by atoms with van der Waals surface area (Å²) < 4.78 is 24.1. The van der Waals surface area contributed by atoms with Crippen LogP contribution in [0.1, 0.15) is 54.4 Å². The first kappa shape index (κ1) is 24.3. The van der Waals surface area contributed by atoms with Crippen molar-refractivity contribution in [3.05, 3.63) is 12.7 Å². The van der Waals surface area contributed by atoms with E-state index in [0.717, 1.165) is 12.8 Å². The number of esters is 1. The molecule has 0 radical (unpaired) electrons. The number of carbonyl (C=O) groups excluding carboxylic acids is 1.